The van der Waals surface area contributed by atoms with Gasteiger partial charge in [-0.3, -0.25) is 4.79 Å². The third-order valence-electron chi connectivity index (χ3n) is 7.69. The predicted octanol–water partition coefficient (Wildman–Crippen LogP) is 5.11. The second kappa shape index (κ2) is 11.5. The fraction of sp³-hybridized carbons (Fsp3) is 0.552. The first-order chi connectivity index (χ1) is 18.1. The molecule has 1 unspecified atom stereocenters. The maximum Gasteiger partial charge on any atom is 0.408 e. The molecule has 1 saturated carbocycles. The normalized spacial score (nSPS) is 22.8. The van der Waals surface area contributed by atoms with E-state index >= 15 is 0 Å². The van der Waals surface area contributed by atoms with Crippen LogP contribution in [0.25, 0.3) is 11.1 Å². The van der Waals surface area contributed by atoms with Crippen molar-refractivity contribution in [3.05, 3.63) is 46.7 Å². The first-order valence-electron chi connectivity index (χ1n) is 13.1. The Morgan fingerprint density at radius 2 is 1.74 bits per heavy atom. The van der Waals surface area contributed by atoms with E-state index in [2.05, 4.69) is 16.8 Å². The van der Waals surface area contributed by atoms with Crippen molar-refractivity contribution >= 4 is 29.3 Å². The van der Waals surface area contributed by atoms with E-state index in [1.165, 1.54) is 12.0 Å². The maximum atomic E-state index is 14.0. The van der Waals surface area contributed by atoms with Gasteiger partial charge in [-0.1, -0.05) is 45.0 Å². The lowest BCUT2D eigenvalue weighted by Crippen LogP contribution is -2.57. The highest BCUT2D eigenvalue weighted by Crippen LogP contribution is 2.41. The number of hydrogen-bond acceptors (Lipinski definition) is 7. The van der Waals surface area contributed by atoms with Crippen molar-refractivity contribution in [1.82, 2.24) is 10.2 Å². The Labute approximate surface area is 228 Å². The SMILES string of the molecule is COC(=O)[C@@H]1C[C@@](OC)(c2ccc(-c3ccsc3)cc2)CN1C(=O)C(NC(=O)OC1CCCC1)C(C)(C)C. The molecule has 1 aliphatic heterocycles. The number of amides is 2. The van der Waals surface area contributed by atoms with Gasteiger partial charge in [0.2, 0.25) is 5.91 Å². The number of thiophene rings is 1. The minimum atomic E-state index is -0.908. The van der Waals surface area contributed by atoms with Crippen molar-refractivity contribution in [2.24, 2.45) is 5.41 Å². The molecule has 2 amide bonds. The number of methoxy groups -OCH3 is 2. The Morgan fingerprint density at radius 3 is 2.29 bits per heavy atom. The molecule has 206 valence electrons. The van der Waals surface area contributed by atoms with E-state index in [0.29, 0.717) is 0 Å². The molecule has 3 atom stereocenters. The number of alkyl carbamates (subject to hydrolysis) is 1. The first-order valence-corrected chi connectivity index (χ1v) is 14.1. The third-order valence-corrected chi connectivity index (χ3v) is 8.37. The van der Waals surface area contributed by atoms with Crippen LogP contribution in [0.4, 0.5) is 4.79 Å². The average molecular weight is 543 g/mol. The number of esters is 1. The van der Waals surface area contributed by atoms with Crippen LogP contribution >= 0.6 is 11.3 Å². The quantitative estimate of drug-likeness (QED) is 0.489. The largest absolute Gasteiger partial charge is 0.467 e. The molecule has 1 N–H and O–H groups in total. The zero-order valence-corrected chi connectivity index (χ0v) is 23.6. The molecule has 0 spiro atoms. The Bertz CT molecular complexity index is 1120. The summed E-state index contributed by atoms with van der Waals surface area (Å²) in [5.41, 5.74) is 1.53. The Morgan fingerprint density at radius 1 is 1.05 bits per heavy atom. The molecule has 1 aromatic heterocycles. The summed E-state index contributed by atoms with van der Waals surface area (Å²) in [7, 11) is 2.90. The highest BCUT2D eigenvalue weighted by atomic mass is 32.1. The van der Waals surface area contributed by atoms with Crippen LogP contribution in [0.15, 0.2) is 41.1 Å². The predicted molar refractivity (Wildman–Crippen MR) is 146 cm³/mol. The number of likely N-dealkylation sites (tertiary alicyclic amines) is 1. The summed E-state index contributed by atoms with van der Waals surface area (Å²) >= 11 is 1.64. The van der Waals surface area contributed by atoms with Crippen LogP contribution in [-0.4, -0.2) is 61.8 Å². The van der Waals surface area contributed by atoms with Gasteiger partial charge in [0.25, 0.3) is 0 Å². The molecular formula is C29H38N2O6S. The molecule has 1 aromatic carbocycles. The lowest BCUT2D eigenvalue weighted by atomic mass is 9.85. The van der Waals surface area contributed by atoms with E-state index in [-0.39, 0.29) is 25.0 Å². The van der Waals surface area contributed by atoms with Crippen LogP contribution in [-0.2, 0) is 29.4 Å². The zero-order chi connectivity index (χ0) is 27.5. The molecule has 0 bridgehead atoms. The van der Waals surface area contributed by atoms with Gasteiger partial charge in [-0.25, -0.2) is 9.59 Å². The monoisotopic (exact) mass is 542 g/mol. The maximum absolute atomic E-state index is 14.0. The Kier molecular flexibility index (Phi) is 8.47. The molecule has 0 radical (unpaired) electrons. The van der Waals surface area contributed by atoms with Crippen molar-refractivity contribution in [1.29, 1.82) is 0 Å². The lowest BCUT2D eigenvalue weighted by Gasteiger charge is -2.35. The number of nitrogens with zero attached hydrogens (tertiary/aromatic N) is 1. The number of hydrogen-bond donors (Lipinski definition) is 1. The van der Waals surface area contributed by atoms with Crippen molar-refractivity contribution in [3.8, 4) is 11.1 Å². The summed E-state index contributed by atoms with van der Waals surface area (Å²) in [6, 6.07) is 8.31. The molecule has 2 fully saturated rings. The smallest absolute Gasteiger partial charge is 0.408 e. The molecule has 4 rings (SSSR count). The second-order valence-corrected chi connectivity index (χ2v) is 12.0. The summed E-state index contributed by atoms with van der Waals surface area (Å²) in [4.78, 5) is 41.2. The molecule has 1 aliphatic carbocycles. The highest BCUT2D eigenvalue weighted by molar-refractivity contribution is 7.08. The topological polar surface area (TPSA) is 94.2 Å². The van der Waals surface area contributed by atoms with Crippen LogP contribution < -0.4 is 5.32 Å². The van der Waals surface area contributed by atoms with Gasteiger partial charge in [-0.05, 0) is 64.6 Å². The van der Waals surface area contributed by atoms with Gasteiger partial charge >= 0.3 is 12.1 Å². The van der Waals surface area contributed by atoms with Crippen LogP contribution in [0, 0.1) is 5.41 Å². The first kappa shape index (κ1) is 28.1. The summed E-state index contributed by atoms with van der Waals surface area (Å²) in [6.45, 7) is 5.77. The molecule has 9 heteroatoms. The van der Waals surface area contributed by atoms with E-state index in [9.17, 15) is 14.4 Å². The van der Waals surface area contributed by atoms with E-state index < -0.39 is 35.2 Å². The Balaban J connectivity index is 1.60. The molecule has 8 nitrogen and oxygen atoms in total. The lowest BCUT2D eigenvalue weighted by molar-refractivity contribution is -0.152. The van der Waals surface area contributed by atoms with Gasteiger partial charge < -0.3 is 24.4 Å². The molecule has 1 saturated heterocycles. The number of carbonyl (C=O) groups excluding carboxylic acids is 3. The van der Waals surface area contributed by atoms with E-state index in [1.54, 1.807) is 18.4 Å². The second-order valence-electron chi connectivity index (χ2n) is 11.3. The van der Waals surface area contributed by atoms with Crippen LogP contribution in [0.5, 0.6) is 0 Å². The number of nitrogens with one attached hydrogen (secondary N) is 1. The molecule has 2 aliphatic rings. The number of carbonyl (C=O) groups is 3. The van der Waals surface area contributed by atoms with Crippen molar-refractivity contribution in [2.45, 2.75) is 76.7 Å². The van der Waals surface area contributed by atoms with E-state index in [4.69, 9.17) is 14.2 Å². The van der Waals surface area contributed by atoms with Gasteiger partial charge in [0, 0.05) is 13.5 Å². The van der Waals surface area contributed by atoms with Gasteiger partial charge in [0.15, 0.2) is 0 Å². The van der Waals surface area contributed by atoms with Crippen LogP contribution in [0.1, 0.15) is 58.4 Å². The fourth-order valence-corrected chi connectivity index (χ4v) is 6.11. The molecular weight excluding hydrogens is 504 g/mol. The number of rotatable bonds is 7. The van der Waals surface area contributed by atoms with Crippen LogP contribution in [0.3, 0.4) is 0 Å². The van der Waals surface area contributed by atoms with Crippen molar-refractivity contribution < 1.29 is 28.6 Å². The molecule has 2 aromatic rings. The van der Waals surface area contributed by atoms with Crippen molar-refractivity contribution in [3.63, 3.8) is 0 Å². The van der Waals surface area contributed by atoms with Gasteiger partial charge in [0.05, 0.1) is 13.7 Å². The minimum Gasteiger partial charge on any atom is -0.467 e. The van der Waals surface area contributed by atoms with Gasteiger partial charge in [-0.15, -0.1) is 0 Å². The summed E-state index contributed by atoms with van der Waals surface area (Å²) in [6.07, 6.45) is 3.23. The average Bonchev–Trinajstić information content (AvgIpc) is 3.67. The van der Waals surface area contributed by atoms with E-state index in [1.807, 2.05) is 50.4 Å². The molecule has 2 heterocycles. The van der Waals surface area contributed by atoms with Gasteiger partial charge in [0.1, 0.15) is 23.8 Å². The molecule has 38 heavy (non-hydrogen) atoms. The van der Waals surface area contributed by atoms with Gasteiger partial charge in [-0.2, -0.15) is 11.3 Å². The van der Waals surface area contributed by atoms with Crippen LogP contribution in [0.2, 0.25) is 0 Å². The third kappa shape index (κ3) is 5.89. The fourth-order valence-electron chi connectivity index (χ4n) is 5.44. The standard InChI is InChI=1S/C29H38N2O6S/c1-28(2,3)24(30-27(34)37-22-8-6-7-9-22)25(32)31-18-29(36-5,16-23(31)26(33)35-4)21-12-10-19(11-13-21)20-14-15-38-17-20/h10-15,17,22-24H,6-9,16,18H2,1-5H3,(H,30,34)/t23-,24?,29-/m0/s1. The van der Waals surface area contributed by atoms with Crippen molar-refractivity contribution in [2.75, 3.05) is 20.8 Å². The number of benzene rings is 1. The highest BCUT2D eigenvalue weighted by Gasteiger charge is 2.53. The summed E-state index contributed by atoms with van der Waals surface area (Å²) in [5.74, 6) is -0.890. The summed E-state index contributed by atoms with van der Waals surface area (Å²) in [5, 5.41) is 6.92. The summed E-state index contributed by atoms with van der Waals surface area (Å²) < 4.78 is 16.7. The zero-order valence-electron chi connectivity index (χ0n) is 22.8. The minimum absolute atomic E-state index is 0.126. The number of ether oxygens (including phenoxy) is 3. The van der Waals surface area contributed by atoms with E-state index in [0.717, 1.165) is 42.4 Å². The Hall–Kier alpha value is -2.91.